The van der Waals surface area contributed by atoms with Gasteiger partial charge in [-0.15, -0.1) is 11.3 Å². The molecule has 0 radical (unpaired) electrons. The van der Waals surface area contributed by atoms with Crippen molar-refractivity contribution in [1.82, 2.24) is 19.9 Å². The second kappa shape index (κ2) is 7.72. The fraction of sp³-hybridized carbons (Fsp3) is 0.316. The van der Waals surface area contributed by atoms with Crippen LogP contribution in [0.15, 0.2) is 54.2 Å². The number of nitrogens with zero attached hydrogens (tertiary/aromatic N) is 4. The molecule has 1 atom stereocenters. The number of aromatic nitrogens is 3. The molecule has 0 saturated carbocycles. The number of hydrogen-bond acceptors (Lipinski definition) is 6. The van der Waals surface area contributed by atoms with Crippen LogP contribution < -0.4 is 5.32 Å². The van der Waals surface area contributed by atoms with Gasteiger partial charge >= 0.3 is 0 Å². The number of rotatable bonds is 5. The summed E-state index contributed by atoms with van der Waals surface area (Å²) in [4.78, 5) is 15.8. The molecule has 0 bridgehead atoms. The predicted molar refractivity (Wildman–Crippen MR) is 101 cm³/mol. The highest BCUT2D eigenvalue weighted by Gasteiger charge is 2.22. The third-order valence-corrected chi connectivity index (χ3v) is 5.19. The Morgan fingerprint density at radius 1 is 1.12 bits per heavy atom. The van der Waals surface area contributed by atoms with Crippen molar-refractivity contribution in [2.24, 2.45) is 0 Å². The Labute approximate surface area is 151 Å². The summed E-state index contributed by atoms with van der Waals surface area (Å²) in [6.45, 7) is 3.20. The lowest BCUT2D eigenvalue weighted by atomic mass is 9.94. The summed E-state index contributed by atoms with van der Waals surface area (Å²) in [7, 11) is 0. The minimum Gasteiger partial charge on any atom is -0.300 e. The predicted octanol–water partition coefficient (Wildman–Crippen LogP) is 4.06. The van der Waals surface area contributed by atoms with Crippen molar-refractivity contribution in [3.05, 3.63) is 65.4 Å². The van der Waals surface area contributed by atoms with Crippen molar-refractivity contribution >= 4 is 22.4 Å². The van der Waals surface area contributed by atoms with Gasteiger partial charge in [0.25, 0.3) is 0 Å². The fourth-order valence-electron chi connectivity index (χ4n) is 3.32. The van der Waals surface area contributed by atoms with Crippen LogP contribution in [0.2, 0.25) is 0 Å². The zero-order chi connectivity index (χ0) is 16.9. The van der Waals surface area contributed by atoms with Gasteiger partial charge in [-0.25, -0.2) is 15.0 Å². The smallest absolute Gasteiger partial charge is 0.229 e. The Morgan fingerprint density at radius 2 is 2.04 bits per heavy atom. The van der Waals surface area contributed by atoms with E-state index >= 15 is 0 Å². The van der Waals surface area contributed by atoms with Gasteiger partial charge in [0.15, 0.2) is 5.13 Å². The quantitative estimate of drug-likeness (QED) is 0.751. The second-order valence-electron chi connectivity index (χ2n) is 6.33. The Morgan fingerprint density at radius 3 is 2.88 bits per heavy atom. The van der Waals surface area contributed by atoms with Crippen LogP contribution in [0.1, 0.15) is 30.0 Å². The molecule has 1 aromatic carbocycles. The number of hydrogen-bond donors (Lipinski definition) is 1. The van der Waals surface area contributed by atoms with Gasteiger partial charge < -0.3 is 5.32 Å². The van der Waals surface area contributed by atoms with Gasteiger partial charge in [-0.05, 0) is 31.0 Å². The lowest BCUT2D eigenvalue weighted by molar-refractivity contribution is 0.198. The van der Waals surface area contributed by atoms with Crippen LogP contribution in [0.3, 0.4) is 0 Å². The molecule has 3 aromatic rings. The molecule has 3 heterocycles. The van der Waals surface area contributed by atoms with Gasteiger partial charge in [-0.2, -0.15) is 0 Å². The lowest BCUT2D eigenvalue weighted by Gasteiger charge is -2.32. The molecular formula is C19H21N5S. The Bertz CT molecular complexity index is 791. The van der Waals surface area contributed by atoms with E-state index in [1.54, 1.807) is 17.5 Å². The minimum atomic E-state index is 0.456. The molecule has 25 heavy (non-hydrogen) atoms. The maximum Gasteiger partial charge on any atom is 0.229 e. The van der Waals surface area contributed by atoms with Crippen molar-refractivity contribution in [2.75, 3.05) is 18.4 Å². The largest absolute Gasteiger partial charge is 0.300 e. The first-order valence-corrected chi connectivity index (χ1v) is 9.50. The highest BCUT2D eigenvalue weighted by atomic mass is 32.1. The molecule has 1 fully saturated rings. The zero-order valence-electron chi connectivity index (χ0n) is 14.0. The summed E-state index contributed by atoms with van der Waals surface area (Å²) in [5, 5.41) is 5.95. The number of benzene rings is 1. The minimum absolute atomic E-state index is 0.456. The molecule has 5 nitrogen and oxygen atoms in total. The van der Waals surface area contributed by atoms with Crippen LogP contribution in [-0.2, 0) is 6.54 Å². The van der Waals surface area contributed by atoms with Crippen LogP contribution in [0.25, 0.3) is 0 Å². The van der Waals surface area contributed by atoms with Gasteiger partial charge in [0.1, 0.15) is 0 Å². The number of likely N-dealkylation sites (tertiary alicyclic amines) is 1. The van der Waals surface area contributed by atoms with Crippen molar-refractivity contribution < 1.29 is 0 Å². The van der Waals surface area contributed by atoms with E-state index in [4.69, 9.17) is 4.98 Å². The average Bonchev–Trinajstić information content (AvgIpc) is 3.16. The third kappa shape index (κ3) is 4.21. The van der Waals surface area contributed by atoms with E-state index in [1.807, 2.05) is 17.6 Å². The maximum atomic E-state index is 4.73. The standard InChI is InChI=1S/C19H21N5S/c1-2-5-15(6-3-1)13-24-11-4-7-16(14-24)17-8-9-20-18(22-17)23-19-21-10-12-25-19/h1-3,5-6,8-10,12,16H,4,7,11,13-14H2,(H,20,21,22,23). The summed E-state index contributed by atoms with van der Waals surface area (Å²) in [6, 6.07) is 12.7. The summed E-state index contributed by atoms with van der Waals surface area (Å²) in [6.07, 6.45) is 6.00. The van der Waals surface area contributed by atoms with Crippen molar-refractivity contribution in [3.8, 4) is 0 Å². The maximum absolute atomic E-state index is 4.73. The zero-order valence-corrected chi connectivity index (χ0v) is 14.8. The Balaban J connectivity index is 1.44. The monoisotopic (exact) mass is 351 g/mol. The summed E-state index contributed by atoms with van der Waals surface area (Å²) in [5.41, 5.74) is 2.49. The van der Waals surface area contributed by atoms with Gasteiger partial charge in [0, 0.05) is 36.8 Å². The molecule has 1 saturated heterocycles. The molecule has 0 spiro atoms. The first kappa shape index (κ1) is 16.2. The Hall–Kier alpha value is -2.31. The number of nitrogens with one attached hydrogen (secondary N) is 1. The number of piperidine rings is 1. The Kier molecular flexibility index (Phi) is 4.99. The highest BCUT2D eigenvalue weighted by molar-refractivity contribution is 7.13. The van der Waals surface area contributed by atoms with Crippen molar-refractivity contribution in [3.63, 3.8) is 0 Å². The molecular weight excluding hydrogens is 330 g/mol. The molecule has 4 rings (SSSR count). The van der Waals surface area contributed by atoms with E-state index in [9.17, 15) is 0 Å². The van der Waals surface area contributed by atoms with Crippen LogP contribution in [-0.4, -0.2) is 32.9 Å². The number of anilines is 2. The van der Waals surface area contributed by atoms with E-state index < -0.39 is 0 Å². The fourth-order valence-corrected chi connectivity index (χ4v) is 3.85. The van der Waals surface area contributed by atoms with E-state index in [0.29, 0.717) is 11.9 Å². The van der Waals surface area contributed by atoms with Gasteiger partial charge in [-0.1, -0.05) is 30.3 Å². The average molecular weight is 351 g/mol. The molecule has 0 amide bonds. The molecule has 1 aliphatic rings. The SMILES string of the molecule is c1ccc(CN2CCCC(c3ccnc(Nc4nccs4)n3)C2)cc1. The van der Waals surface area contributed by atoms with Crippen LogP contribution in [0.4, 0.5) is 11.1 Å². The van der Waals surface area contributed by atoms with E-state index in [-0.39, 0.29) is 0 Å². The summed E-state index contributed by atoms with van der Waals surface area (Å²) < 4.78 is 0. The van der Waals surface area contributed by atoms with Gasteiger partial charge in [0.2, 0.25) is 5.95 Å². The van der Waals surface area contributed by atoms with E-state index in [2.05, 4.69) is 50.5 Å². The molecule has 1 unspecified atom stereocenters. The normalized spacial score (nSPS) is 18.2. The first-order chi connectivity index (χ1) is 12.4. The van der Waals surface area contributed by atoms with E-state index in [0.717, 1.165) is 30.5 Å². The molecule has 2 aromatic heterocycles. The van der Waals surface area contributed by atoms with Gasteiger partial charge in [0.05, 0.1) is 5.69 Å². The van der Waals surface area contributed by atoms with E-state index in [1.165, 1.54) is 18.4 Å². The second-order valence-corrected chi connectivity index (χ2v) is 7.22. The van der Waals surface area contributed by atoms with Crippen LogP contribution >= 0.6 is 11.3 Å². The van der Waals surface area contributed by atoms with Crippen molar-refractivity contribution in [1.29, 1.82) is 0 Å². The van der Waals surface area contributed by atoms with Gasteiger partial charge in [-0.3, -0.25) is 4.90 Å². The molecule has 0 aliphatic carbocycles. The lowest BCUT2D eigenvalue weighted by Crippen LogP contribution is -2.34. The third-order valence-electron chi connectivity index (χ3n) is 4.50. The summed E-state index contributed by atoms with van der Waals surface area (Å²) in [5.74, 6) is 1.09. The topological polar surface area (TPSA) is 53.9 Å². The molecule has 128 valence electrons. The van der Waals surface area contributed by atoms with Crippen LogP contribution in [0, 0.1) is 0 Å². The van der Waals surface area contributed by atoms with Crippen molar-refractivity contribution in [2.45, 2.75) is 25.3 Å². The number of thiazole rings is 1. The molecule has 1 N–H and O–H groups in total. The first-order valence-electron chi connectivity index (χ1n) is 8.62. The molecule has 6 heteroatoms. The highest BCUT2D eigenvalue weighted by Crippen LogP contribution is 2.27. The summed E-state index contributed by atoms with van der Waals surface area (Å²) >= 11 is 1.55. The van der Waals surface area contributed by atoms with Crippen LogP contribution in [0.5, 0.6) is 0 Å². The molecule has 1 aliphatic heterocycles.